The van der Waals surface area contributed by atoms with E-state index in [2.05, 4.69) is 10.1 Å². The van der Waals surface area contributed by atoms with Crippen LogP contribution in [-0.2, 0) is 13.5 Å². The fourth-order valence-corrected chi connectivity index (χ4v) is 4.51. The highest BCUT2D eigenvalue weighted by molar-refractivity contribution is 6.05. The lowest BCUT2D eigenvalue weighted by molar-refractivity contribution is 0.0675. The molecule has 1 amide bonds. The Morgan fingerprint density at radius 3 is 2.56 bits per heavy atom. The van der Waals surface area contributed by atoms with E-state index in [1.807, 2.05) is 31.2 Å². The summed E-state index contributed by atoms with van der Waals surface area (Å²) in [6.07, 6.45) is 2.11. The normalized spacial score (nSPS) is 15.8. The third-order valence-corrected chi connectivity index (χ3v) is 6.02. The van der Waals surface area contributed by atoms with Gasteiger partial charge < -0.3 is 4.90 Å². The second-order valence-electron chi connectivity index (χ2n) is 7.90. The van der Waals surface area contributed by atoms with E-state index in [-0.39, 0.29) is 17.5 Å². The number of carbonyl (C=O) groups excluding carboxylic acids is 1. The highest BCUT2D eigenvalue weighted by Crippen LogP contribution is 2.37. The van der Waals surface area contributed by atoms with Gasteiger partial charge in [-0.1, -0.05) is 18.2 Å². The molecule has 8 heteroatoms. The van der Waals surface area contributed by atoms with Gasteiger partial charge in [0.05, 0.1) is 28.5 Å². The Hall–Kier alpha value is -3.68. The lowest BCUT2D eigenvalue weighted by Gasteiger charge is -2.33. The maximum absolute atomic E-state index is 13.9. The van der Waals surface area contributed by atoms with Crippen LogP contribution in [0.4, 0.5) is 13.2 Å². The first-order chi connectivity index (χ1) is 15.4. The van der Waals surface area contributed by atoms with E-state index in [1.54, 1.807) is 24.2 Å². The highest BCUT2D eigenvalue weighted by atomic mass is 19.2. The van der Waals surface area contributed by atoms with Crippen LogP contribution in [0.5, 0.6) is 0 Å². The third-order valence-electron chi connectivity index (χ3n) is 6.02. The molecule has 0 N–H and O–H groups in total. The molecule has 2 aromatic carbocycles. The molecule has 162 valence electrons. The quantitative estimate of drug-likeness (QED) is 0.424. The van der Waals surface area contributed by atoms with Crippen molar-refractivity contribution in [1.29, 1.82) is 0 Å². The van der Waals surface area contributed by atoms with Crippen molar-refractivity contribution in [3.05, 3.63) is 82.9 Å². The van der Waals surface area contributed by atoms with E-state index in [0.29, 0.717) is 35.4 Å². The van der Waals surface area contributed by atoms with Crippen LogP contribution < -0.4 is 0 Å². The predicted octanol–water partition coefficient (Wildman–Crippen LogP) is 4.81. The first-order valence-corrected chi connectivity index (χ1v) is 10.2. The van der Waals surface area contributed by atoms with Gasteiger partial charge in [0.2, 0.25) is 0 Å². The monoisotopic (exact) mass is 436 g/mol. The summed E-state index contributed by atoms with van der Waals surface area (Å²) in [6.45, 7) is 2.28. The maximum atomic E-state index is 13.9. The van der Waals surface area contributed by atoms with Crippen LogP contribution in [0.3, 0.4) is 0 Å². The largest absolute Gasteiger partial charge is 0.330 e. The summed E-state index contributed by atoms with van der Waals surface area (Å²) in [6, 6.07) is 10.8. The predicted molar refractivity (Wildman–Crippen MR) is 113 cm³/mol. The number of nitrogens with zero attached hydrogens (tertiary/aromatic N) is 4. The van der Waals surface area contributed by atoms with Gasteiger partial charge >= 0.3 is 0 Å². The molecule has 1 aliphatic rings. The molecule has 3 heterocycles. The van der Waals surface area contributed by atoms with Crippen molar-refractivity contribution in [2.45, 2.75) is 19.4 Å². The number of hydrogen-bond donors (Lipinski definition) is 0. The fraction of sp³-hybridized carbons (Fsp3) is 0.208. The van der Waals surface area contributed by atoms with Gasteiger partial charge in [-0.3, -0.25) is 14.5 Å². The topological polar surface area (TPSA) is 51.0 Å². The SMILES string of the molecule is CC1c2nn(C)c(-c3cc(F)c(F)c(F)c3)c2CCN1C(=O)c1cccc2cccnc12. The van der Waals surface area contributed by atoms with Gasteiger partial charge in [-0.05, 0) is 37.6 Å². The molecule has 1 aliphatic heterocycles. The van der Waals surface area contributed by atoms with Crippen molar-refractivity contribution in [1.82, 2.24) is 19.7 Å². The Balaban J connectivity index is 1.54. The van der Waals surface area contributed by atoms with E-state index < -0.39 is 17.5 Å². The summed E-state index contributed by atoms with van der Waals surface area (Å²) in [5, 5.41) is 5.43. The zero-order valence-corrected chi connectivity index (χ0v) is 17.4. The number of hydrogen-bond acceptors (Lipinski definition) is 3. The van der Waals surface area contributed by atoms with E-state index in [0.717, 1.165) is 23.1 Å². The van der Waals surface area contributed by atoms with Gasteiger partial charge in [-0.15, -0.1) is 0 Å². The second kappa shape index (κ2) is 7.47. The van der Waals surface area contributed by atoms with Gasteiger partial charge in [0, 0.05) is 36.3 Å². The number of benzene rings is 2. The van der Waals surface area contributed by atoms with Gasteiger partial charge in [-0.2, -0.15) is 5.10 Å². The third kappa shape index (κ3) is 3.05. The van der Waals surface area contributed by atoms with Crippen molar-refractivity contribution in [2.75, 3.05) is 6.54 Å². The molecular weight excluding hydrogens is 417 g/mol. The molecule has 5 nitrogen and oxygen atoms in total. The number of amides is 1. The molecule has 0 bridgehead atoms. The van der Waals surface area contributed by atoms with Crippen molar-refractivity contribution in [3.8, 4) is 11.3 Å². The van der Waals surface area contributed by atoms with Gasteiger partial charge in [0.25, 0.3) is 5.91 Å². The molecule has 0 radical (unpaired) electrons. The average Bonchev–Trinajstić information content (AvgIpc) is 3.13. The summed E-state index contributed by atoms with van der Waals surface area (Å²) < 4.78 is 42.7. The van der Waals surface area contributed by atoms with E-state index in [4.69, 9.17) is 0 Å². The zero-order chi connectivity index (χ0) is 22.6. The Morgan fingerprint density at radius 1 is 1.09 bits per heavy atom. The Morgan fingerprint density at radius 2 is 1.81 bits per heavy atom. The summed E-state index contributed by atoms with van der Waals surface area (Å²) >= 11 is 0. The smallest absolute Gasteiger partial charge is 0.256 e. The van der Waals surface area contributed by atoms with Crippen molar-refractivity contribution in [3.63, 3.8) is 0 Å². The highest BCUT2D eigenvalue weighted by Gasteiger charge is 2.34. The molecule has 0 saturated heterocycles. The number of carbonyl (C=O) groups is 1. The molecule has 1 unspecified atom stereocenters. The number of pyridine rings is 1. The number of fused-ring (bicyclic) bond motifs is 2. The summed E-state index contributed by atoms with van der Waals surface area (Å²) in [4.78, 5) is 19.5. The first-order valence-electron chi connectivity index (χ1n) is 10.2. The molecular formula is C24H19F3N4O. The van der Waals surface area contributed by atoms with Crippen molar-refractivity contribution in [2.24, 2.45) is 7.05 Å². The zero-order valence-electron chi connectivity index (χ0n) is 17.4. The summed E-state index contributed by atoms with van der Waals surface area (Å²) in [5.74, 6) is -4.16. The Bertz CT molecular complexity index is 1350. The number of aryl methyl sites for hydroxylation is 1. The van der Waals surface area contributed by atoms with E-state index >= 15 is 0 Å². The lowest BCUT2D eigenvalue weighted by Crippen LogP contribution is -2.39. The van der Waals surface area contributed by atoms with Crippen LogP contribution in [0.2, 0.25) is 0 Å². The molecule has 4 aromatic rings. The second-order valence-corrected chi connectivity index (χ2v) is 7.90. The van der Waals surface area contributed by atoms with E-state index in [9.17, 15) is 18.0 Å². The minimum absolute atomic E-state index is 0.154. The van der Waals surface area contributed by atoms with Crippen LogP contribution in [0, 0.1) is 17.5 Å². The minimum atomic E-state index is -1.50. The number of halogens is 3. The molecule has 32 heavy (non-hydrogen) atoms. The van der Waals surface area contributed by atoms with E-state index in [1.165, 1.54) is 4.68 Å². The molecule has 5 rings (SSSR count). The van der Waals surface area contributed by atoms with Crippen LogP contribution in [-0.4, -0.2) is 32.1 Å². The average molecular weight is 436 g/mol. The van der Waals surface area contributed by atoms with Crippen LogP contribution in [0.1, 0.15) is 34.6 Å². The fourth-order valence-electron chi connectivity index (χ4n) is 4.51. The minimum Gasteiger partial charge on any atom is -0.330 e. The number of rotatable bonds is 2. The van der Waals surface area contributed by atoms with Gasteiger partial charge in [0.1, 0.15) is 0 Å². The van der Waals surface area contributed by atoms with Crippen molar-refractivity contribution >= 4 is 16.8 Å². The van der Waals surface area contributed by atoms with Crippen LogP contribution >= 0.6 is 0 Å². The van der Waals surface area contributed by atoms with Crippen molar-refractivity contribution < 1.29 is 18.0 Å². The van der Waals surface area contributed by atoms with Gasteiger partial charge in [0.15, 0.2) is 17.5 Å². The molecule has 0 spiro atoms. The Labute approximate surface area is 182 Å². The number of aromatic nitrogens is 3. The lowest BCUT2D eigenvalue weighted by atomic mass is 9.94. The standard InChI is InChI=1S/C24H19F3N4O/c1-13-21-16(23(30(2)29-21)15-11-18(25)20(27)19(26)12-15)8-10-31(13)24(32)17-7-3-5-14-6-4-9-28-22(14)17/h3-7,9,11-13H,8,10H2,1-2H3. The summed E-state index contributed by atoms with van der Waals surface area (Å²) in [5.41, 5.74) is 3.33. The van der Waals surface area contributed by atoms with Crippen LogP contribution in [0.25, 0.3) is 22.2 Å². The molecule has 1 atom stereocenters. The van der Waals surface area contributed by atoms with Gasteiger partial charge in [-0.25, -0.2) is 13.2 Å². The molecule has 2 aromatic heterocycles. The first kappa shape index (κ1) is 20.2. The summed E-state index contributed by atoms with van der Waals surface area (Å²) in [7, 11) is 1.67. The maximum Gasteiger partial charge on any atom is 0.256 e. The molecule has 0 fully saturated rings. The molecule has 0 aliphatic carbocycles. The molecule has 0 saturated carbocycles. The van der Waals surface area contributed by atoms with Crippen LogP contribution in [0.15, 0.2) is 48.7 Å². The number of para-hydroxylation sites is 1. The Kier molecular flexibility index (Phi) is 4.73.